The Kier molecular flexibility index (Phi) is 3.80. The summed E-state index contributed by atoms with van der Waals surface area (Å²) in [5.74, 6) is 1.14. The second-order valence-electron chi connectivity index (χ2n) is 5.44. The van der Waals surface area contributed by atoms with Crippen molar-refractivity contribution in [3.63, 3.8) is 0 Å². The van der Waals surface area contributed by atoms with Gasteiger partial charge in [0.2, 0.25) is 5.76 Å². The molecule has 0 aliphatic heterocycles. The number of benzene rings is 1. The fourth-order valence-corrected chi connectivity index (χ4v) is 2.65. The predicted octanol–water partition coefficient (Wildman–Crippen LogP) is 3.27. The number of ether oxygens (including phenoxy) is 1. The molecule has 4 nitrogen and oxygen atoms in total. The van der Waals surface area contributed by atoms with Gasteiger partial charge in [-0.1, -0.05) is 30.3 Å². The number of carbonyl (C=O) groups is 1. The smallest absolute Gasteiger partial charge is 0.373 e. The highest BCUT2D eigenvalue weighted by atomic mass is 16.5. The molecule has 1 aromatic heterocycles. The van der Waals surface area contributed by atoms with E-state index in [4.69, 9.17) is 4.42 Å². The van der Waals surface area contributed by atoms with Crippen molar-refractivity contribution in [2.45, 2.75) is 31.3 Å². The third-order valence-corrected chi connectivity index (χ3v) is 3.92. The predicted molar refractivity (Wildman–Crippen MR) is 79.2 cm³/mol. The summed E-state index contributed by atoms with van der Waals surface area (Å²) >= 11 is 0. The third-order valence-electron chi connectivity index (χ3n) is 3.92. The van der Waals surface area contributed by atoms with E-state index in [2.05, 4.69) is 34.3 Å². The number of esters is 1. The topological polar surface area (TPSA) is 51.5 Å². The summed E-state index contributed by atoms with van der Waals surface area (Å²) in [6.45, 7) is 2.04. The second-order valence-corrected chi connectivity index (χ2v) is 5.44. The molecule has 4 heteroatoms. The van der Waals surface area contributed by atoms with Gasteiger partial charge in [0.15, 0.2) is 0 Å². The van der Waals surface area contributed by atoms with Gasteiger partial charge in [-0.2, -0.15) is 0 Å². The Morgan fingerprint density at radius 1 is 1.29 bits per heavy atom. The molecule has 0 spiro atoms. The lowest BCUT2D eigenvalue weighted by atomic mass is 10.1. The SMILES string of the molecule is COC(=O)c1ccc(C(C)NC2CC2c2ccccc2)o1. The fraction of sp³-hybridized carbons (Fsp3) is 0.353. The van der Waals surface area contributed by atoms with Crippen LogP contribution in [-0.4, -0.2) is 19.1 Å². The van der Waals surface area contributed by atoms with Gasteiger partial charge in [0.1, 0.15) is 5.76 Å². The van der Waals surface area contributed by atoms with E-state index in [-0.39, 0.29) is 11.8 Å². The van der Waals surface area contributed by atoms with Gasteiger partial charge in [0.05, 0.1) is 13.2 Å². The summed E-state index contributed by atoms with van der Waals surface area (Å²) < 4.78 is 10.2. The van der Waals surface area contributed by atoms with Crippen LogP contribution in [0, 0.1) is 0 Å². The molecule has 1 aromatic carbocycles. The number of nitrogens with one attached hydrogen (secondary N) is 1. The van der Waals surface area contributed by atoms with Crippen molar-refractivity contribution < 1.29 is 13.9 Å². The van der Waals surface area contributed by atoms with E-state index in [1.807, 2.05) is 19.1 Å². The number of rotatable bonds is 5. The lowest BCUT2D eigenvalue weighted by Crippen LogP contribution is -2.21. The Labute approximate surface area is 124 Å². The second kappa shape index (κ2) is 5.74. The van der Waals surface area contributed by atoms with E-state index in [1.54, 1.807) is 6.07 Å². The number of methoxy groups -OCH3 is 1. The van der Waals surface area contributed by atoms with Crippen molar-refractivity contribution >= 4 is 5.97 Å². The van der Waals surface area contributed by atoms with E-state index in [0.29, 0.717) is 12.0 Å². The molecule has 3 unspecified atom stereocenters. The van der Waals surface area contributed by atoms with Crippen LogP contribution in [0.2, 0.25) is 0 Å². The highest BCUT2D eigenvalue weighted by Gasteiger charge is 2.39. The van der Waals surface area contributed by atoms with Gasteiger partial charge in [-0.15, -0.1) is 0 Å². The van der Waals surface area contributed by atoms with Crippen molar-refractivity contribution in [3.8, 4) is 0 Å². The zero-order chi connectivity index (χ0) is 14.8. The summed E-state index contributed by atoms with van der Waals surface area (Å²) in [4.78, 5) is 11.4. The van der Waals surface area contributed by atoms with E-state index in [9.17, 15) is 4.79 Å². The number of hydrogen-bond donors (Lipinski definition) is 1. The molecule has 1 fully saturated rings. The first-order valence-electron chi connectivity index (χ1n) is 7.18. The molecule has 1 heterocycles. The fourth-order valence-electron chi connectivity index (χ4n) is 2.65. The van der Waals surface area contributed by atoms with Gasteiger partial charge in [0, 0.05) is 12.0 Å². The average Bonchev–Trinajstić information content (AvgIpc) is 3.10. The van der Waals surface area contributed by atoms with Crippen LogP contribution >= 0.6 is 0 Å². The normalized spacial score (nSPS) is 21.8. The van der Waals surface area contributed by atoms with E-state index in [0.717, 1.165) is 12.2 Å². The van der Waals surface area contributed by atoms with Crippen LogP contribution in [-0.2, 0) is 4.74 Å². The van der Waals surface area contributed by atoms with Gasteiger partial charge >= 0.3 is 5.97 Å². The molecule has 3 atom stereocenters. The van der Waals surface area contributed by atoms with Crippen LogP contribution < -0.4 is 5.32 Å². The first-order chi connectivity index (χ1) is 10.2. The first kappa shape index (κ1) is 13.9. The van der Waals surface area contributed by atoms with Crippen LogP contribution in [0.1, 0.15) is 47.2 Å². The highest BCUT2D eigenvalue weighted by Crippen LogP contribution is 2.41. The van der Waals surface area contributed by atoms with E-state index < -0.39 is 5.97 Å². The molecular weight excluding hydrogens is 266 g/mol. The maximum atomic E-state index is 11.4. The van der Waals surface area contributed by atoms with Crippen LogP contribution in [0.5, 0.6) is 0 Å². The minimum absolute atomic E-state index is 0.0714. The summed E-state index contributed by atoms with van der Waals surface area (Å²) in [6, 6.07) is 14.5. The number of carbonyl (C=O) groups excluding carboxylic acids is 1. The van der Waals surface area contributed by atoms with Crippen molar-refractivity contribution in [3.05, 3.63) is 59.5 Å². The summed E-state index contributed by atoms with van der Waals surface area (Å²) in [6.07, 6.45) is 1.14. The quantitative estimate of drug-likeness (QED) is 0.857. The Morgan fingerprint density at radius 2 is 2.05 bits per heavy atom. The highest BCUT2D eigenvalue weighted by molar-refractivity contribution is 5.86. The van der Waals surface area contributed by atoms with Gasteiger partial charge in [0.25, 0.3) is 0 Å². The lowest BCUT2D eigenvalue weighted by molar-refractivity contribution is 0.0562. The van der Waals surface area contributed by atoms with Crippen molar-refractivity contribution in [2.75, 3.05) is 7.11 Å². The van der Waals surface area contributed by atoms with E-state index in [1.165, 1.54) is 12.7 Å². The summed E-state index contributed by atoms with van der Waals surface area (Å²) in [5, 5.41) is 3.54. The zero-order valence-electron chi connectivity index (χ0n) is 12.2. The molecule has 0 radical (unpaired) electrons. The molecule has 0 saturated heterocycles. The molecule has 0 bridgehead atoms. The molecular formula is C17H19NO3. The molecule has 1 aliphatic rings. The van der Waals surface area contributed by atoms with Gasteiger partial charge in [-0.3, -0.25) is 0 Å². The summed E-state index contributed by atoms with van der Waals surface area (Å²) in [7, 11) is 1.35. The average molecular weight is 285 g/mol. The van der Waals surface area contributed by atoms with Gasteiger partial charge < -0.3 is 14.5 Å². The van der Waals surface area contributed by atoms with Gasteiger partial charge in [-0.05, 0) is 31.0 Å². The number of hydrogen-bond acceptors (Lipinski definition) is 4. The first-order valence-corrected chi connectivity index (χ1v) is 7.18. The van der Waals surface area contributed by atoms with Gasteiger partial charge in [-0.25, -0.2) is 4.79 Å². The standard InChI is InChI=1S/C17H19NO3/c1-11(15-8-9-16(21-15)17(19)20-2)18-14-10-13(14)12-6-4-3-5-7-12/h3-9,11,13-14,18H,10H2,1-2H3. The monoisotopic (exact) mass is 285 g/mol. The maximum Gasteiger partial charge on any atom is 0.373 e. The van der Waals surface area contributed by atoms with Crippen molar-refractivity contribution in [2.24, 2.45) is 0 Å². The lowest BCUT2D eigenvalue weighted by Gasteiger charge is -2.11. The molecule has 1 N–H and O–H groups in total. The molecule has 0 amide bonds. The Balaban J connectivity index is 1.59. The van der Waals surface area contributed by atoms with E-state index >= 15 is 0 Å². The number of furan rings is 1. The molecule has 1 aliphatic carbocycles. The summed E-state index contributed by atoms with van der Waals surface area (Å²) in [5.41, 5.74) is 1.37. The van der Waals surface area contributed by atoms with Crippen LogP contribution in [0.25, 0.3) is 0 Å². The molecule has 1 saturated carbocycles. The zero-order valence-corrected chi connectivity index (χ0v) is 12.2. The molecule has 2 aromatic rings. The third kappa shape index (κ3) is 3.00. The van der Waals surface area contributed by atoms with Crippen LogP contribution in [0.3, 0.4) is 0 Å². The largest absolute Gasteiger partial charge is 0.463 e. The van der Waals surface area contributed by atoms with Crippen molar-refractivity contribution in [1.29, 1.82) is 0 Å². The van der Waals surface area contributed by atoms with Crippen molar-refractivity contribution in [1.82, 2.24) is 5.32 Å². The maximum absolute atomic E-state index is 11.4. The van der Waals surface area contributed by atoms with Crippen LogP contribution in [0.15, 0.2) is 46.9 Å². The van der Waals surface area contributed by atoms with Crippen LogP contribution in [0.4, 0.5) is 0 Å². The molecule has 21 heavy (non-hydrogen) atoms. The minimum Gasteiger partial charge on any atom is -0.463 e. The Hall–Kier alpha value is -2.07. The Morgan fingerprint density at radius 3 is 2.76 bits per heavy atom. The molecule has 110 valence electrons. The Bertz CT molecular complexity index is 620. The minimum atomic E-state index is -0.443. The molecule has 3 rings (SSSR count).